The largest absolute Gasteiger partial charge is 0.496 e. The summed E-state index contributed by atoms with van der Waals surface area (Å²) in [6.07, 6.45) is 1.37. The third kappa shape index (κ3) is 3.88. The van der Waals surface area contributed by atoms with Crippen LogP contribution in [-0.4, -0.2) is 22.3 Å². The lowest BCUT2D eigenvalue weighted by atomic mass is 10.2. The van der Waals surface area contributed by atoms with Crippen LogP contribution in [-0.2, 0) is 11.0 Å². The standard InChI is InChI=1S/C12H15BrFNO2S/c1-12(2,3)18(16)15-7-8-5-10(14)9(13)6-11(8)17-4/h5-7H,1-4H3. The first kappa shape index (κ1) is 15.3. The molecular weight excluding hydrogens is 321 g/mol. The summed E-state index contributed by atoms with van der Waals surface area (Å²) in [5, 5.41) is 0. The average molecular weight is 336 g/mol. The molecule has 0 spiro atoms. The second-order valence-corrected chi connectivity index (χ2v) is 7.39. The molecule has 0 heterocycles. The number of rotatable bonds is 3. The summed E-state index contributed by atoms with van der Waals surface area (Å²) >= 11 is 3.07. The van der Waals surface area contributed by atoms with E-state index in [1.165, 1.54) is 25.5 Å². The Morgan fingerprint density at radius 2 is 2.06 bits per heavy atom. The topological polar surface area (TPSA) is 38.7 Å². The van der Waals surface area contributed by atoms with Gasteiger partial charge in [0, 0.05) is 11.8 Å². The van der Waals surface area contributed by atoms with Gasteiger partial charge in [0.15, 0.2) is 0 Å². The lowest BCUT2D eigenvalue weighted by molar-refractivity contribution is 0.412. The SMILES string of the molecule is COc1cc(Br)c(F)cc1C=NS(=O)C(C)(C)C. The molecule has 1 aromatic carbocycles. The molecule has 0 saturated carbocycles. The van der Waals surface area contributed by atoms with E-state index in [-0.39, 0.29) is 0 Å². The van der Waals surface area contributed by atoms with Crippen molar-refractivity contribution >= 4 is 33.1 Å². The molecule has 3 nitrogen and oxygen atoms in total. The molecule has 1 atom stereocenters. The van der Waals surface area contributed by atoms with Gasteiger partial charge in [-0.05, 0) is 48.8 Å². The summed E-state index contributed by atoms with van der Waals surface area (Å²) in [5.41, 5.74) is 0.454. The summed E-state index contributed by atoms with van der Waals surface area (Å²) in [7, 11) is 0.104. The number of methoxy groups -OCH3 is 1. The van der Waals surface area contributed by atoms with Gasteiger partial charge in [0.05, 0.1) is 16.3 Å². The second-order valence-electron chi connectivity index (χ2n) is 4.60. The molecule has 18 heavy (non-hydrogen) atoms. The van der Waals surface area contributed by atoms with Crippen LogP contribution in [0.2, 0.25) is 0 Å². The Hall–Kier alpha value is -0.750. The van der Waals surface area contributed by atoms with Gasteiger partial charge in [-0.15, -0.1) is 0 Å². The summed E-state index contributed by atoms with van der Waals surface area (Å²) in [6, 6.07) is 2.79. The minimum absolute atomic E-state index is 0.313. The summed E-state index contributed by atoms with van der Waals surface area (Å²) in [4.78, 5) is 0. The van der Waals surface area contributed by atoms with Gasteiger partial charge in [-0.1, -0.05) is 0 Å². The van der Waals surface area contributed by atoms with E-state index in [9.17, 15) is 8.60 Å². The first-order valence-corrected chi connectivity index (χ1v) is 7.15. The van der Waals surface area contributed by atoms with E-state index >= 15 is 0 Å². The quantitative estimate of drug-likeness (QED) is 0.793. The van der Waals surface area contributed by atoms with E-state index in [0.29, 0.717) is 15.8 Å². The van der Waals surface area contributed by atoms with Gasteiger partial charge in [-0.25, -0.2) is 8.60 Å². The van der Waals surface area contributed by atoms with Crippen molar-refractivity contribution in [2.75, 3.05) is 7.11 Å². The van der Waals surface area contributed by atoms with Crippen molar-refractivity contribution in [3.63, 3.8) is 0 Å². The minimum Gasteiger partial charge on any atom is -0.496 e. The van der Waals surface area contributed by atoms with Crippen LogP contribution >= 0.6 is 15.9 Å². The highest BCUT2D eigenvalue weighted by atomic mass is 79.9. The van der Waals surface area contributed by atoms with Crippen LogP contribution in [0.25, 0.3) is 0 Å². The summed E-state index contributed by atoms with van der Waals surface area (Å²) in [6.45, 7) is 5.46. The van der Waals surface area contributed by atoms with Gasteiger partial charge in [0.2, 0.25) is 0 Å². The molecule has 0 bridgehead atoms. The van der Waals surface area contributed by atoms with Crippen molar-refractivity contribution in [3.05, 3.63) is 28.0 Å². The van der Waals surface area contributed by atoms with Crippen molar-refractivity contribution < 1.29 is 13.3 Å². The number of hydrogen-bond acceptors (Lipinski definition) is 2. The van der Waals surface area contributed by atoms with Gasteiger partial charge in [0.1, 0.15) is 22.6 Å². The van der Waals surface area contributed by atoms with E-state index in [1.807, 2.05) is 20.8 Å². The molecule has 0 radical (unpaired) electrons. The van der Waals surface area contributed by atoms with E-state index in [0.717, 1.165) is 0 Å². The molecule has 100 valence electrons. The van der Waals surface area contributed by atoms with Crippen molar-refractivity contribution in [2.45, 2.75) is 25.5 Å². The molecule has 0 aliphatic heterocycles. The third-order valence-corrected chi connectivity index (χ3v) is 4.04. The van der Waals surface area contributed by atoms with Crippen LogP contribution in [0.4, 0.5) is 4.39 Å². The molecule has 0 aliphatic rings. The molecule has 0 aromatic heterocycles. The molecule has 0 saturated heterocycles. The number of halogens is 2. The Labute approximate surface area is 117 Å². The lowest BCUT2D eigenvalue weighted by Gasteiger charge is -2.13. The number of nitrogens with zero attached hydrogens (tertiary/aromatic N) is 1. The minimum atomic E-state index is -1.38. The molecule has 1 aromatic rings. The Morgan fingerprint density at radius 1 is 1.44 bits per heavy atom. The lowest BCUT2D eigenvalue weighted by Crippen LogP contribution is -2.19. The average Bonchev–Trinajstić information content (AvgIpc) is 2.28. The Kier molecular flexibility index (Phi) is 5.04. The Morgan fingerprint density at radius 3 is 2.56 bits per heavy atom. The summed E-state index contributed by atoms with van der Waals surface area (Å²) < 4.78 is 34.1. The van der Waals surface area contributed by atoms with Gasteiger partial charge in [-0.2, -0.15) is 4.40 Å². The highest BCUT2D eigenvalue weighted by Gasteiger charge is 2.18. The van der Waals surface area contributed by atoms with Crippen LogP contribution in [0.3, 0.4) is 0 Å². The van der Waals surface area contributed by atoms with Gasteiger partial charge >= 0.3 is 0 Å². The predicted octanol–water partition coefficient (Wildman–Crippen LogP) is 3.48. The van der Waals surface area contributed by atoms with E-state index in [4.69, 9.17) is 4.74 Å². The van der Waals surface area contributed by atoms with Crippen LogP contribution < -0.4 is 4.74 Å². The fourth-order valence-electron chi connectivity index (χ4n) is 1.08. The molecule has 0 fully saturated rings. The van der Waals surface area contributed by atoms with E-state index in [1.54, 1.807) is 0 Å². The molecule has 0 aliphatic carbocycles. The summed E-state index contributed by atoms with van der Waals surface area (Å²) in [5.74, 6) is 0.0525. The number of hydrogen-bond donors (Lipinski definition) is 0. The Bertz CT molecular complexity index is 498. The van der Waals surface area contributed by atoms with E-state index in [2.05, 4.69) is 20.3 Å². The van der Waals surface area contributed by atoms with Crippen molar-refractivity contribution in [3.8, 4) is 5.75 Å². The second kappa shape index (κ2) is 5.93. The number of ether oxygens (including phenoxy) is 1. The molecule has 6 heteroatoms. The maximum absolute atomic E-state index is 13.4. The molecule has 1 unspecified atom stereocenters. The molecule has 1 rings (SSSR count). The smallest absolute Gasteiger partial charge is 0.144 e. The highest BCUT2D eigenvalue weighted by Crippen LogP contribution is 2.25. The molecule has 0 amide bonds. The first-order chi connectivity index (χ1) is 8.25. The zero-order valence-corrected chi connectivity index (χ0v) is 13.1. The van der Waals surface area contributed by atoms with Crippen LogP contribution in [0.1, 0.15) is 26.3 Å². The maximum atomic E-state index is 13.4. The molecule has 0 N–H and O–H groups in total. The fraction of sp³-hybridized carbons (Fsp3) is 0.417. The first-order valence-electron chi connectivity index (χ1n) is 5.25. The van der Waals surface area contributed by atoms with E-state index < -0.39 is 21.5 Å². The zero-order valence-electron chi connectivity index (χ0n) is 10.7. The van der Waals surface area contributed by atoms with Gasteiger partial charge < -0.3 is 4.74 Å². The number of benzene rings is 1. The van der Waals surface area contributed by atoms with Crippen LogP contribution in [0, 0.1) is 5.82 Å². The van der Waals surface area contributed by atoms with Gasteiger partial charge in [-0.3, -0.25) is 0 Å². The predicted molar refractivity (Wildman–Crippen MR) is 76.1 cm³/mol. The van der Waals surface area contributed by atoms with Crippen LogP contribution in [0.15, 0.2) is 21.0 Å². The van der Waals surface area contributed by atoms with Crippen molar-refractivity contribution in [1.29, 1.82) is 0 Å². The third-order valence-electron chi connectivity index (χ3n) is 2.08. The fourth-order valence-corrected chi connectivity index (χ4v) is 1.93. The van der Waals surface area contributed by atoms with Crippen molar-refractivity contribution in [1.82, 2.24) is 0 Å². The maximum Gasteiger partial charge on any atom is 0.144 e. The van der Waals surface area contributed by atoms with Gasteiger partial charge in [0.25, 0.3) is 0 Å². The normalized spacial score (nSPS) is 13.9. The molecular formula is C12H15BrFNO2S. The zero-order chi connectivity index (χ0) is 13.9. The van der Waals surface area contributed by atoms with Crippen LogP contribution in [0.5, 0.6) is 5.75 Å². The highest BCUT2D eigenvalue weighted by molar-refractivity contribution is 9.10. The monoisotopic (exact) mass is 335 g/mol. The Balaban J connectivity index is 3.08. The van der Waals surface area contributed by atoms with Crippen molar-refractivity contribution in [2.24, 2.45) is 4.40 Å².